The second-order valence-electron chi connectivity index (χ2n) is 8.03. The minimum Gasteiger partial charge on any atom is -0.0654 e. The highest BCUT2D eigenvalue weighted by molar-refractivity contribution is 4.69. The molecular weight excluding hydrogens is 252 g/mol. The SMILES string of the molecule is CCCC(C)C(C)C(C)CCCCCC(CCC)C(C)C. The van der Waals surface area contributed by atoms with Crippen molar-refractivity contribution in [2.45, 2.75) is 106 Å². The number of unbranched alkanes of at least 4 members (excludes halogenated alkanes) is 2. The Bertz CT molecular complexity index is 218. The van der Waals surface area contributed by atoms with E-state index in [0.29, 0.717) is 0 Å². The van der Waals surface area contributed by atoms with Crippen molar-refractivity contribution >= 4 is 0 Å². The molecule has 0 rings (SSSR count). The van der Waals surface area contributed by atoms with Crippen molar-refractivity contribution < 1.29 is 0 Å². The maximum atomic E-state index is 2.48. The average molecular weight is 297 g/mol. The van der Waals surface area contributed by atoms with E-state index in [1.165, 1.54) is 57.8 Å². The summed E-state index contributed by atoms with van der Waals surface area (Å²) in [6, 6.07) is 0. The Labute approximate surface area is 136 Å². The van der Waals surface area contributed by atoms with E-state index in [9.17, 15) is 0 Å². The third-order valence-electron chi connectivity index (χ3n) is 5.88. The largest absolute Gasteiger partial charge is 0.0654 e. The van der Waals surface area contributed by atoms with Crippen molar-refractivity contribution in [1.29, 1.82) is 0 Å². The minimum atomic E-state index is 0.874. The van der Waals surface area contributed by atoms with Crippen LogP contribution >= 0.6 is 0 Å². The lowest BCUT2D eigenvalue weighted by Crippen LogP contribution is -2.16. The molecule has 0 aliphatic heterocycles. The van der Waals surface area contributed by atoms with E-state index in [0.717, 1.165) is 29.6 Å². The molecule has 0 heteroatoms. The van der Waals surface area contributed by atoms with Gasteiger partial charge < -0.3 is 0 Å². The van der Waals surface area contributed by atoms with Crippen LogP contribution in [-0.4, -0.2) is 0 Å². The van der Waals surface area contributed by atoms with Crippen LogP contribution in [0.3, 0.4) is 0 Å². The highest BCUT2D eigenvalue weighted by atomic mass is 14.2. The topological polar surface area (TPSA) is 0 Å². The Kier molecular flexibility index (Phi) is 12.5. The van der Waals surface area contributed by atoms with Crippen LogP contribution in [0, 0.1) is 29.6 Å². The fourth-order valence-electron chi connectivity index (χ4n) is 3.77. The van der Waals surface area contributed by atoms with Gasteiger partial charge in [0.15, 0.2) is 0 Å². The molecule has 0 aromatic rings. The summed E-state index contributed by atoms with van der Waals surface area (Å²) in [5, 5.41) is 0. The smallest absolute Gasteiger partial charge is 0.0391 e. The lowest BCUT2D eigenvalue weighted by Gasteiger charge is -2.26. The standard InChI is InChI=1S/C21H44/c1-8-13-18(5)20(7)19(6)15-11-10-12-16-21(14-9-2)17(3)4/h17-21H,8-16H2,1-7H3. The van der Waals surface area contributed by atoms with Crippen molar-refractivity contribution in [1.82, 2.24) is 0 Å². The Morgan fingerprint density at radius 2 is 1.10 bits per heavy atom. The Hall–Kier alpha value is 0. The van der Waals surface area contributed by atoms with Gasteiger partial charge >= 0.3 is 0 Å². The summed E-state index contributed by atoms with van der Waals surface area (Å²) in [7, 11) is 0. The van der Waals surface area contributed by atoms with Crippen LogP contribution < -0.4 is 0 Å². The van der Waals surface area contributed by atoms with Gasteiger partial charge in [-0.25, -0.2) is 0 Å². The van der Waals surface area contributed by atoms with Gasteiger partial charge in [0.1, 0.15) is 0 Å². The van der Waals surface area contributed by atoms with Gasteiger partial charge in [-0.2, -0.15) is 0 Å². The first-order chi connectivity index (χ1) is 9.93. The van der Waals surface area contributed by atoms with Crippen LogP contribution in [0.25, 0.3) is 0 Å². The second-order valence-corrected chi connectivity index (χ2v) is 8.03. The summed E-state index contributed by atoms with van der Waals surface area (Å²) in [5.74, 6) is 4.55. The van der Waals surface area contributed by atoms with Crippen LogP contribution in [0.4, 0.5) is 0 Å². The molecule has 0 bridgehead atoms. The van der Waals surface area contributed by atoms with Gasteiger partial charge in [0.05, 0.1) is 0 Å². The summed E-state index contributed by atoms with van der Waals surface area (Å²) in [5.41, 5.74) is 0. The first-order valence-electron chi connectivity index (χ1n) is 9.93. The van der Waals surface area contributed by atoms with Gasteiger partial charge in [0.25, 0.3) is 0 Å². The molecule has 4 atom stereocenters. The highest BCUT2D eigenvalue weighted by Crippen LogP contribution is 2.29. The van der Waals surface area contributed by atoms with Crippen LogP contribution in [0.5, 0.6) is 0 Å². The molecule has 0 aromatic carbocycles. The van der Waals surface area contributed by atoms with Crippen molar-refractivity contribution in [2.75, 3.05) is 0 Å². The van der Waals surface area contributed by atoms with Crippen LogP contribution in [0.15, 0.2) is 0 Å². The zero-order chi connectivity index (χ0) is 16.3. The summed E-state index contributed by atoms with van der Waals surface area (Å²) < 4.78 is 0. The summed E-state index contributed by atoms with van der Waals surface area (Å²) in [4.78, 5) is 0. The molecule has 0 amide bonds. The summed E-state index contributed by atoms with van der Waals surface area (Å²) in [6.07, 6.45) is 12.8. The van der Waals surface area contributed by atoms with Gasteiger partial charge in [0, 0.05) is 0 Å². The third-order valence-corrected chi connectivity index (χ3v) is 5.88. The average Bonchev–Trinajstić information content (AvgIpc) is 2.44. The lowest BCUT2D eigenvalue weighted by atomic mass is 9.80. The molecule has 0 saturated carbocycles. The maximum Gasteiger partial charge on any atom is -0.0391 e. The third kappa shape index (κ3) is 9.59. The van der Waals surface area contributed by atoms with E-state index in [1.54, 1.807) is 0 Å². The van der Waals surface area contributed by atoms with Gasteiger partial charge in [0.2, 0.25) is 0 Å². The van der Waals surface area contributed by atoms with Gasteiger partial charge in [-0.15, -0.1) is 0 Å². The fourth-order valence-corrected chi connectivity index (χ4v) is 3.77. The molecule has 128 valence electrons. The molecule has 0 saturated heterocycles. The van der Waals surface area contributed by atoms with Gasteiger partial charge in [-0.05, 0) is 29.6 Å². The fraction of sp³-hybridized carbons (Fsp3) is 1.00. The van der Waals surface area contributed by atoms with E-state index in [-0.39, 0.29) is 0 Å². The van der Waals surface area contributed by atoms with E-state index in [1.807, 2.05) is 0 Å². The van der Waals surface area contributed by atoms with E-state index >= 15 is 0 Å². The van der Waals surface area contributed by atoms with Gasteiger partial charge in [-0.1, -0.05) is 106 Å². The first kappa shape index (κ1) is 21.0. The first-order valence-corrected chi connectivity index (χ1v) is 9.93. The number of hydrogen-bond donors (Lipinski definition) is 0. The Morgan fingerprint density at radius 3 is 1.62 bits per heavy atom. The molecule has 0 spiro atoms. The van der Waals surface area contributed by atoms with E-state index < -0.39 is 0 Å². The quantitative estimate of drug-likeness (QED) is 0.305. The molecule has 0 aliphatic carbocycles. The minimum absolute atomic E-state index is 0.874. The summed E-state index contributed by atoms with van der Waals surface area (Å²) in [6.45, 7) is 16.8. The molecule has 0 N–H and O–H groups in total. The predicted octanol–water partition coefficient (Wildman–Crippen LogP) is 7.72. The normalized spacial score (nSPS) is 17.7. The summed E-state index contributed by atoms with van der Waals surface area (Å²) >= 11 is 0. The lowest BCUT2D eigenvalue weighted by molar-refractivity contribution is 0.246. The number of hydrogen-bond acceptors (Lipinski definition) is 0. The molecule has 0 aromatic heterocycles. The zero-order valence-electron chi connectivity index (χ0n) is 16.3. The molecular formula is C21H44. The van der Waals surface area contributed by atoms with Crippen molar-refractivity contribution in [3.63, 3.8) is 0 Å². The van der Waals surface area contributed by atoms with Crippen LogP contribution in [0.1, 0.15) is 106 Å². The van der Waals surface area contributed by atoms with Crippen molar-refractivity contribution in [2.24, 2.45) is 29.6 Å². The molecule has 0 aliphatic rings. The Balaban J connectivity index is 3.78. The molecule has 0 radical (unpaired) electrons. The maximum absolute atomic E-state index is 2.48. The molecule has 0 fully saturated rings. The van der Waals surface area contributed by atoms with Crippen LogP contribution in [0.2, 0.25) is 0 Å². The van der Waals surface area contributed by atoms with Crippen molar-refractivity contribution in [3.8, 4) is 0 Å². The molecule has 4 unspecified atom stereocenters. The molecule has 0 nitrogen and oxygen atoms in total. The molecule has 0 heterocycles. The van der Waals surface area contributed by atoms with Crippen LogP contribution in [-0.2, 0) is 0 Å². The highest BCUT2D eigenvalue weighted by Gasteiger charge is 2.18. The number of rotatable bonds is 13. The zero-order valence-corrected chi connectivity index (χ0v) is 16.3. The van der Waals surface area contributed by atoms with Gasteiger partial charge in [-0.3, -0.25) is 0 Å². The Morgan fingerprint density at radius 1 is 0.571 bits per heavy atom. The predicted molar refractivity (Wildman–Crippen MR) is 98.7 cm³/mol. The van der Waals surface area contributed by atoms with E-state index in [4.69, 9.17) is 0 Å². The second kappa shape index (κ2) is 12.5. The molecule has 21 heavy (non-hydrogen) atoms. The monoisotopic (exact) mass is 296 g/mol. The van der Waals surface area contributed by atoms with Crippen molar-refractivity contribution in [3.05, 3.63) is 0 Å². The van der Waals surface area contributed by atoms with E-state index in [2.05, 4.69) is 48.5 Å².